The van der Waals surface area contributed by atoms with Gasteiger partial charge in [0.25, 0.3) is 5.91 Å². The average molecular weight is 362 g/mol. The number of nitrogens with one attached hydrogen (secondary N) is 1. The smallest absolute Gasteiger partial charge is 0.251 e. The van der Waals surface area contributed by atoms with Gasteiger partial charge in [-0.05, 0) is 56.5 Å². The van der Waals surface area contributed by atoms with Crippen molar-refractivity contribution in [3.63, 3.8) is 0 Å². The minimum absolute atomic E-state index is 0.00425. The molecule has 3 aromatic rings. The van der Waals surface area contributed by atoms with Crippen molar-refractivity contribution >= 4 is 16.8 Å². The van der Waals surface area contributed by atoms with E-state index in [9.17, 15) is 4.79 Å². The first-order chi connectivity index (χ1) is 13.0. The molecule has 0 aliphatic carbocycles. The average Bonchev–Trinajstić information content (AvgIpc) is 3.04. The largest absolute Gasteiger partial charge is 0.375 e. The van der Waals surface area contributed by atoms with Gasteiger partial charge in [-0.3, -0.25) is 4.79 Å². The number of amides is 1. The molecule has 4 nitrogen and oxygen atoms in total. The number of nitrogens with zero attached hydrogens (tertiary/aromatic N) is 1. The van der Waals surface area contributed by atoms with E-state index in [1.165, 1.54) is 5.56 Å². The molecule has 0 radical (unpaired) electrons. The van der Waals surface area contributed by atoms with E-state index >= 15 is 0 Å². The van der Waals surface area contributed by atoms with Gasteiger partial charge in [-0.1, -0.05) is 30.3 Å². The van der Waals surface area contributed by atoms with Gasteiger partial charge >= 0.3 is 0 Å². The van der Waals surface area contributed by atoms with Crippen molar-refractivity contribution in [3.8, 4) is 0 Å². The van der Waals surface area contributed by atoms with Gasteiger partial charge in [-0.15, -0.1) is 0 Å². The second-order valence-electron chi connectivity index (χ2n) is 7.97. The normalized spacial score (nSPS) is 19.1. The molecule has 1 saturated heterocycles. The van der Waals surface area contributed by atoms with Gasteiger partial charge in [0, 0.05) is 41.9 Å². The first-order valence-electron chi connectivity index (χ1n) is 9.58. The van der Waals surface area contributed by atoms with Gasteiger partial charge in [0.2, 0.25) is 0 Å². The maximum absolute atomic E-state index is 12.7. The summed E-state index contributed by atoms with van der Waals surface area (Å²) >= 11 is 0. The van der Waals surface area contributed by atoms with Gasteiger partial charge in [-0.25, -0.2) is 0 Å². The molecule has 0 spiro atoms. The number of aromatic nitrogens is 1. The second kappa shape index (κ2) is 7.20. The van der Waals surface area contributed by atoms with Crippen LogP contribution in [0.4, 0.5) is 0 Å². The number of carbonyl (C=O) groups is 1. The fourth-order valence-corrected chi connectivity index (χ4v) is 3.88. The number of hydrogen-bond acceptors (Lipinski definition) is 2. The van der Waals surface area contributed by atoms with Crippen LogP contribution < -0.4 is 5.32 Å². The van der Waals surface area contributed by atoms with Crippen LogP contribution in [0.1, 0.15) is 42.6 Å². The van der Waals surface area contributed by atoms with E-state index in [0.717, 1.165) is 30.3 Å². The van der Waals surface area contributed by atoms with E-state index in [-0.39, 0.29) is 17.6 Å². The standard InChI is InChI=1S/C23H26N2O2/c1-23(2)15-20(11-13-27-23)24-22(26)19-8-9-21-18(14-19)10-12-25(21)16-17-6-4-3-5-7-17/h3-10,12,14,20H,11,13,15-16H2,1-2H3,(H,24,26)/t20-/m1/s1. The molecule has 0 saturated carbocycles. The fraction of sp³-hybridized carbons (Fsp3) is 0.348. The molecule has 2 heterocycles. The highest BCUT2D eigenvalue weighted by atomic mass is 16.5. The first kappa shape index (κ1) is 17.8. The predicted molar refractivity (Wildman–Crippen MR) is 108 cm³/mol. The molecule has 1 N–H and O–H groups in total. The van der Waals surface area contributed by atoms with Crippen molar-refractivity contribution in [2.24, 2.45) is 0 Å². The highest BCUT2D eigenvalue weighted by Crippen LogP contribution is 2.24. The van der Waals surface area contributed by atoms with Gasteiger partial charge in [-0.2, -0.15) is 0 Å². The van der Waals surface area contributed by atoms with Crippen molar-refractivity contribution in [1.82, 2.24) is 9.88 Å². The summed E-state index contributed by atoms with van der Waals surface area (Å²) < 4.78 is 7.95. The molecule has 4 rings (SSSR count). The highest BCUT2D eigenvalue weighted by molar-refractivity contribution is 5.98. The SMILES string of the molecule is CC1(C)C[C@H](NC(=O)c2ccc3c(ccn3Cc3ccccc3)c2)CCO1. The van der Waals surface area contributed by atoms with Crippen LogP contribution in [-0.2, 0) is 11.3 Å². The summed E-state index contributed by atoms with van der Waals surface area (Å²) in [5.41, 5.74) is 2.94. The minimum Gasteiger partial charge on any atom is -0.375 e. The molecular weight excluding hydrogens is 336 g/mol. The number of fused-ring (bicyclic) bond motifs is 1. The molecule has 0 unspecified atom stereocenters. The molecule has 1 atom stereocenters. The highest BCUT2D eigenvalue weighted by Gasteiger charge is 2.29. The third kappa shape index (κ3) is 4.06. The zero-order chi connectivity index (χ0) is 18.9. The topological polar surface area (TPSA) is 43.3 Å². The minimum atomic E-state index is -0.172. The van der Waals surface area contributed by atoms with Crippen LogP contribution >= 0.6 is 0 Å². The van der Waals surface area contributed by atoms with Gasteiger partial charge < -0.3 is 14.6 Å². The lowest BCUT2D eigenvalue weighted by Crippen LogP contribution is -2.45. The Hall–Kier alpha value is -2.59. The van der Waals surface area contributed by atoms with Crippen molar-refractivity contribution in [2.75, 3.05) is 6.61 Å². The summed E-state index contributed by atoms with van der Waals surface area (Å²) in [6.07, 6.45) is 3.79. The number of hydrogen-bond donors (Lipinski definition) is 1. The molecule has 27 heavy (non-hydrogen) atoms. The van der Waals surface area contributed by atoms with Crippen LogP contribution in [0.3, 0.4) is 0 Å². The molecule has 1 aliphatic heterocycles. The lowest BCUT2D eigenvalue weighted by Gasteiger charge is -2.35. The Labute approximate surface area is 160 Å². The molecule has 1 aliphatic rings. The molecule has 1 aromatic heterocycles. The molecular formula is C23H26N2O2. The number of rotatable bonds is 4. The van der Waals surface area contributed by atoms with E-state index in [1.54, 1.807) is 0 Å². The zero-order valence-corrected chi connectivity index (χ0v) is 15.9. The summed E-state index contributed by atoms with van der Waals surface area (Å²) in [6, 6.07) is 18.6. The Balaban J connectivity index is 1.49. The Bertz CT molecular complexity index is 943. The van der Waals surface area contributed by atoms with E-state index in [2.05, 4.69) is 60.3 Å². The van der Waals surface area contributed by atoms with Crippen molar-refractivity contribution in [2.45, 2.75) is 44.9 Å². The van der Waals surface area contributed by atoms with Crippen molar-refractivity contribution in [3.05, 3.63) is 71.9 Å². The second-order valence-corrected chi connectivity index (χ2v) is 7.97. The third-order valence-electron chi connectivity index (χ3n) is 5.26. The maximum Gasteiger partial charge on any atom is 0.251 e. The number of benzene rings is 2. The Morgan fingerprint density at radius 1 is 1.19 bits per heavy atom. The van der Waals surface area contributed by atoms with Crippen molar-refractivity contribution < 1.29 is 9.53 Å². The monoisotopic (exact) mass is 362 g/mol. The summed E-state index contributed by atoms with van der Waals surface area (Å²) in [6.45, 7) is 5.67. The predicted octanol–water partition coefficient (Wildman–Crippen LogP) is 4.38. The molecule has 4 heteroatoms. The molecule has 0 bridgehead atoms. The van der Waals surface area contributed by atoms with Gasteiger partial charge in [0.1, 0.15) is 0 Å². The third-order valence-corrected chi connectivity index (χ3v) is 5.26. The zero-order valence-electron chi connectivity index (χ0n) is 15.9. The van der Waals surface area contributed by atoms with E-state index in [0.29, 0.717) is 12.2 Å². The Morgan fingerprint density at radius 2 is 2.00 bits per heavy atom. The molecule has 1 fully saturated rings. The van der Waals surface area contributed by atoms with Crippen LogP contribution in [0.15, 0.2) is 60.8 Å². The Morgan fingerprint density at radius 3 is 2.78 bits per heavy atom. The fourth-order valence-electron chi connectivity index (χ4n) is 3.88. The van der Waals surface area contributed by atoms with E-state index in [1.807, 2.05) is 24.3 Å². The quantitative estimate of drug-likeness (QED) is 0.749. The summed E-state index contributed by atoms with van der Waals surface area (Å²) in [4.78, 5) is 12.7. The van der Waals surface area contributed by atoms with Crippen molar-refractivity contribution in [1.29, 1.82) is 0 Å². The summed E-state index contributed by atoms with van der Waals surface area (Å²) in [7, 11) is 0. The number of ether oxygens (including phenoxy) is 1. The van der Waals surface area contributed by atoms with E-state index < -0.39 is 0 Å². The molecule has 2 aromatic carbocycles. The maximum atomic E-state index is 12.7. The van der Waals surface area contributed by atoms with Crippen LogP contribution in [0.5, 0.6) is 0 Å². The lowest BCUT2D eigenvalue weighted by atomic mass is 9.93. The molecule has 140 valence electrons. The summed E-state index contributed by atoms with van der Waals surface area (Å²) in [5, 5.41) is 4.27. The lowest BCUT2D eigenvalue weighted by molar-refractivity contribution is -0.0615. The van der Waals surface area contributed by atoms with Crippen LogP contribution in [0, 0.1) is 0 Å². The van der Waals surface area contributed by atoms with E-state index in [4.69, 9.17) is 4.74 Å². The first-order valence-corrected chi connectivity index (χ1v) is 9.58. The van der Waals surface area contributed by atoms with Crippen LogP contribution in [-0.4, -0.2) is 28.7 Å². The molecule has 1 amide bonds. The van der Waals surface area contributed by atoms with Gasteiger partial charge in [0.05, 0.1) is 5.60 Å². The van der Waals surface area contributed by atoms with Crippen LogP contribution in [0.25, 0.3) is 10.9 Å². The Kier molecular flexibility index (Phi) is 4.75. The van der Waals surface area contributed by atoms with Crippen LogP contribution in [0.2, 0.25) is 0 Å². The summed E-state index contributed by atoms with van der Waals surface area (Å²) in [5.74, 6) is -0.00425. The van der Waals surface area contributed by atoms with Gasteiger partial charge in [0.15, 0.2) is 0 Å². The number of carbonyl (C=O) groups excluding carboxylic acids is 1.